The number of benzene rings is 2. The fraction of sp³-hybridized carbons (Fsp3) is 0.400. The second kappa shape index (κ2) is 4.68. The minimum absolute atomic E-state index is 0.0777. The Morgan fingerprint density at radius 1 is 0.909 bits per heavy atom. The predicted molar refractivity (Wildman–Crippen MR) is 88.5 cm³/mol. The van der Waals surface area contributed by atoms with Crippen LogP contribution in [-0.2, 0) is 10.3 Å². The topological polar surface area (TPSA) is 21.3 Å². The molecule has 2 nitrogen and oxygen atoms in total. The maximum absolute atomic E-state index is 6.85. The van der Waals surface area contributed by atoms with Crippen molar-refractivity contribution in [3.05, 3.63) is 71.8 Å². The minimum Gasteiger partial charge on any atom is -0.343 e. The van der Waals surface area contributed by atoms with Crippen LogP contribution in [0.25, 0.3) is 0 Å². The van der Waals surface area contributed by atoms with Crippen molar-refractivity contribution in [3.8, 4) is 0 Å². The van der Waals surface area contributed by atoms with Gasteiger partial charge < -0.3 is 4.74 Å². The minimum atomic E-state index is -0.413. The van der Waals surface area contributed by atoms with E-state index < -0.39 is 5.60 Å². The van der Waals surface area contributed by atoms with Crippen molar-refractivity contribution in [1.29, 1.82) is 0 Å². The molecule has 2 aliphatic rings. The van der Waals surface area contributed by atoms with Gasteiger partial charge in [0.05, 0.1) is 5.54 Å². The Labute approximate surface area is 132 Å². The standard InChI is InChI=1S/C20H23NO/c1-3-19-15-14-18(2,21-19)20(22-19,16-10-6-4-7-11-16)17-12-8-5-9-13-17/h4-13,21H,3,14-15H2,1-2H3/t18-,19-/m0/s1. The molecule has 2 fully saturated rings. The van der Waals surface area contributed by atoms with Gasteiger partial charge >= 0.3 is 0 Å². The van der Waals surface area contributed by atoms with Gasteiger partial charge in [0, 0.05) is 0 Å². The molecule has 4 rings (SSSR count). The van der Waals surface area contributed by atoms with Crippen LogP contribution in [0.1, 0.15) is 44.2 Å². The molecule has 2 bridgehead atoms. The molecule has 0 unspecified atom stereocenters. The normalized spacial score (nSPS) is 32.3. The Hall–Kier alpha value is -1.64. The van der Waals surface area contributed by atoms with E-state index in [-0.39, 0.29) is 11.3 Å². The van der Waals surface area contributed by atoms with Gasteiger partial charge in [-0.2, -0.15) is 0 Å². The van der Waals surface area contributed by atoms with Gasteiger partial charge in [0.2, 0.25) is 0 Å². The Morgan fingerprint density at radius 3 is 1.91 bits per heavy atom. The van der Waals surface area contributed by atoms with Crippen LogP contribution in [0.15, 0.2) is 60.7 Å². The van der Waals surface area contributed by atoms with E-state index in [1.165, 1.54) is 11.1 Å². The van der Waals surface area contributed by atoms with E-state index >= 15 is 0 Å². The highest BCUT2D eigenvalue weighted by Crippen LogP contribution is 2.58. The Balaban J connectivity index is 1.96. The summed E-state index contributed by atoms with van der Waals surface area (Å²) in [6, 6.07) is 21.4. The summed E-state index contributed by atoms with van der Waals surface area (Å²) >= 11 is 0. The third-order valence-corrected chi connectivity index (χ3v) is 5.59. The lowest BCUT2D eigenvalue weighted by atomic mass is 9.70. The van der Waals surface area contributed by atoms with Gasteiger partial charge in [-0.25, -0.2) is 0 Å². The summed E-state index contributed by atoms with van der Waals surface area (Å²) < 4.78 is 6.85. The highest BCUT2D eigenvalue weighted by Gasteiger charge is 2.67. The average Bonchev–Trinajstić information content (AvgIpc) is 3.06. The molecule has 2 saturated heterocycles. The second-order valence-electron chi connectivity index (χ2n) is 6.82. The van der Waals surface area contributed by atoms with E-state index in [1.807, 2.05) is 0 Å². The van der Waals surface area contributed by atoms with E-state index in [1.54, 1.807) is 0 Å². The van der Waals surface area contributed by atoms with Crippen LogP contribution in [0.2, 0.25) is 0 Å². The van der Waals surface area contributed by atoms with Gasteiger partial charge in [0.15, 0.2) is 0 Å². The maximum Gasteiger partial charge on any atom is 0.138 e. The van der Waals surface area contributed by atoms with E-state index in [9.17, 15) is 0 Å². The first kappa shape index (κ1) is 14.0. The van der Waals surface area contributed by atoms with E-state index in [0.717, 1.165) is 19.3 Å². The molecule has 0 saturated carbocycles. The van der Waals surface area contributed by atoms with Crippen molar-refractivity contribution in [2.45, 2.75) is 50.0 Å². The van der Waals surface area contributed by atoms with E-state index in [2.05, 4.69) is 79.8 Å². The summed E-state index contributed by atoms with van der Waals surface area (Å²) in [5.74, 6) is 0. The van der Waals surface area contributed by atoms with Crippen LogP contribution >= 0.6 is 0 Å². The van der Waals surface area contributed by atoms with Crippen LogP contribution < -0.4 is 5.32 Å². The summed E-state index contributed by atoms with van der Waals surface area (Å²) in [5, 5.41) is 3.83. The smallest absolute Gasteiger partial charge is 0.138 e. The molecule has 114 valence electrons. The number of hydrogen-bond donors (Lipinski definition) is 1. The van der Waals surface area contributed by atoms with Crippen LogP contribution in [0.3, 0.4) is 0 Å². The zero-order valence-electron chi connectivity index (χ0n) is 13.3. The number of fused-ring (bicyclic) bond motifs is 2. The Bertz CT molecular complexity index is 629. The third kappa shape index (κ3) is 1.68. The second-order valence-corrected chi connectivity index (χ2v) is 6.82. The lowest BCUT2D eigenvalue weighted by Crippen LogP contribution is -2.52. The zero-order valence-corrected chi connectivity index (χ0v) is 13.3. The summed E-state index contributed by atoms with van der Waals surface area (Å²) in [4.78, 5) is 0. The molecule has 0 aromatic heterocycles. The fourth-order valence-electron chi connectivity index (χ4n) is 4.43. The molecule has 2 aromatic rings. The first-order chi connectivity index (χ1) is 10.6. The average molecular weight is 293 g/mol. The highest BCUT2D eigenvalue weighted by molar-refractivity contribution is 5.44. The van der Waals surface area contributed by atoms with Crippen molar-refractivity contribution in [1.82, 2.24) is 5.32 Å². The molecule has 22 heavy (non-hydrogen) atoms. The molecular weight excluding hydrogens is 270 g/mol. The van der Waals surface area contributed by atoms with Crippen molar-refractivity contribution >= 4 is 0 Å². The van der Waals surface area contributed by atoms with Crippen LogP contribution in [0.5, 0.6) is 0 Å². The first-order valence-corrected chi connectivity index (χ1v) is 8.25. The zero-order chi connectivity index (χ0) is 15.3. The molecule has 0 radical (unpaired) electrons. The fourth-order valence-corrected chi connectivity index (χ4v) is 4.43. The number of ether oxygens (including phenoxy) is 1. The number of rotatable bonds is 3. The molecule has 0 spiro atoms. The SMILES string of the molecule is CC[C@]12CC[C@](C)(N1)C(c1ccccc1)(c1ccccc1)O2. The maximum atomic E-state index is 6.85. The Morgan fingerprint density at radius 2 is 1.45 bits per heavy atom. The van der Waals surface area contributed by atoms with Crippen LogP contribution in [0, 0.1) is 0 Å². The summed E-state index contributed by atoms with van der Waals surface area (Å²) in [5.41, 5.74) is 1.80. The Kier molecular flexibility index (Phi) is 2.97. The summed E-state index contributed by atoms with van der Waals surface area (Å²) in [6.45, 7) is 4.53. The molecule has 2 heteroatoms. The lowest BCUT2D eigenvalue weighted by molar-refractivity contribution is -0.129. The lowest BCUT2D eigenvalue weighted by Gasteiger charge is -2.45. The summed E-state index contributed by atoms with van der Waals surface area (Å²) in [6.07, 6.45) is 3.20. The van der Waals surface area contributed by atoms with E-state index in [0.29, 0.717) is 0 Å². The molecule has 2 aliphatic heterocycles. The van der Waals surface area contributed by atoms with Gasteiger partial charge in [0.1, 0.15) is 11.3 Å². The summed E-state index contributed by atoms with van der Waals surface area (Å²) in [7, 11) is 0. The van der Waals surface area contributed by atoms with Crippen LogP contribution in [-0.4, -0.2) is 11.3 Å². The van der Waals surface area contributed by atoms with Crippen LogP contribution in [0.4, 0.5) is 0 Å². The molecule has 2 aromatic carbocycles. The van der Waals surface area contributed by atoms with Gasteiger partial charge in [-0.3, -0.25) is 5.32 Å². The predicted octanol–water partition coefficient (Wildman–Crippen LogP) is 4.21. The van der Waals surface area contributed by atoms with Gasteiger partial charge in [-0.05, 0) is 37.3 Å². The first-order valence-electron chi connectivity index (χ1n) is 8.25. The largest absolute Gasteiger partial charge is 0.343 e. The van der Waals surface area contributed by atoms with Crippen molar-refractivity contribution in [3.63, 3.8) is 0 Å². The van der Waals surface area contributed by atoms with Gasteiger partial charge in [-0.1, -0.05) is 67.6 Å². The number of hydrogen-bond acceptors (Lipinski definition) is 2. The quantitative estimate of drug-likeness (QED) is 0.915. The third-order valence-electron chi connectivity index (χ3n) is 5.59. The van der Waals surface area contributed by atoms with Crippen molar-refractivity contribution in [2.75, 3.05) is 0 Å². The van der Waals surface area contributed by atoms with Gasteiger partial charge in [0.25, 0.3) is 0 Å². The highest BCUT2D eigenvalue weighted by atomic mass is 16.6. The molecule has 0 aliphatic carbocycles. The number of nitrogens with one attached hydrogen (secondary N) is 1. The molecule has 0 amide bonds. The molecule has 2 atom stereocenters. The van der Waals surface area contributed by atoms with Gasteiger partial charge in [-0.15, -0.1) is 0 Å². The van der Waals surface area contributed by atoms with Crippen molar-refractivity contribution < 1.29 is 4.74 Å². The molecule has 1 N–H and O–H groups in total. The monoisotopic (exact) mass is 293 g/mol. The van der Waals surface area contributed by atoms with E-state index in [4.69, 9.17) is 4.74 Å². The molecular formula is C20H23NO. The van der Waals surface area contributed by atoms with Crippen molar-refractivity contribution in [2.24, 2.45) is 0 Å². The molecule has 2 heterocycles.